The molecule has 1 fully saturated rings. The van der Waals surface area contributed by atoms with Crippen molar-refractivity contribution in [1.29, 1.82) is 5.26 Å². The monoisotopic (exact) mass is 180 g/mol. The van der Waals surface area contributed by atoms with Crippen LogP contribution < -0.4 is 5.32 Å². The second-order valence-corrected chi connectivity index (χ2v) is 4.06. The third kappa shape index (κ3) is 3.78. The highest BCUT2D eigenvalue weighted by Gasteiger charge is 2.16. The molecule has 2 heteroatoms. The van der Waals surface area contributed by atoms with Gasteiger partial charge in [0, 0.05) is 0 Å². The minimum atomic E-state index is 0.0723. The fourth-order valence-electron chi connectivity index (χ4n) is 2.17. The van der Waals surface area contributed by atoms with Gasteiger partial charge in [0.15, 0.2) is 0 Å². The van der Waals surface area contributed by atoms with Gasteiger partial charge >= 0.3 is 0 Å². The van der Waals surface area contributed by atoms with Crippen molar-refractivity contribution in [2.75, 3.05) is 7.05 Å². The minimum Gasteiger partial charge on any atom is -0.305 e. The average molecular weight is 180 g/mol. The van der Waals surface area contributed by atoms with Gasteiger partial charge in [0.05, 0.1) is 12.1 Å². The van der Waals surface area contributed by atoms with E-state index < -0.39 is 0 Å². The molecule has 0 bridgehead atoms. The van der Waals surface area contributed by atoms with Gasteiger partial charge in [0.25, 0.3) is 0 Å². The van der Waals surface area contributed by atoms with E-state index in [2.05, 4.69) is 11.4 Å². The van der Waals surface area contributed by atoms with Crippen molar-refractivity contribution < 1.29 is 0 Å². The Morgan fingerprint density at radius 2 is 1.92 bits per heavy atom. The zero-order valence-corrected chi connectivity index (χ0v) is 8.55. The molecule has 1 saturated carbocycles. The lowest BCUT2D eigenvalue weighted by Gasteiger charge is -2.16. The van der Waals surface area contributed by atoms with Crippen LogP contribution in [0.1, 0.15) is 44.9 Å². The summed E-state index contributed by atoms with van der Waals surface area (Å²) in [5.41, 5.74) is 0. The fourth-order valence-corrected chi connectivity index (χ4v) is 2.17. The second kappa shape index (κ2) is 5.99. The Bertz CT molecular complexity index is 163. The van der Waals surface area contributed by atoms with Crippen molar-refractivity contribution in [3.05, 3.63) is 0 Å². The number of nitrogens with zero attached hydrogens (tertiary/aromatic N) is 1. The van der Waals surface area contributed by atoms with Crippen molar-refractivity contribution in [2.24, 2.45) is 5.92 Å². The number of hydrogen-bond acceptors (Lipinski definition) is 2. The molecular weight excluding hydrogens is 160 g/mol. The van der Waals surface area contributed by atoms with E-state index in [4.69, 9.17) is 5.26 Å². The summed E-state index contributed by atoms with van der Waals surface area (Å²) in [5.74, 6) is 0.791. The summed E-state index contributed by atoms with van der Waals surface area (Å²) >= 11 is 0. The topological polar surface area (TPSA) is 35.8 Å². The van der Waals surface area contributed by atoms with Gasteiger partial charge in [-0.2, -0.15) is 5.26 Å². The molecule has 0 aromatic rings. The van der Waals surface area contributed by atoms with Crippen molar-refractivity contribution in [2.45, 2.75) is 51.0 Å². The average Bonchev–Trinajstić information content (AvgIpc) is 2.42. The molecule has 1 rings (SSSR count). The Morgan fingerprint density at radius 3 is 2.38 bits per heavy atom. The Balaban J connectivity index is 2.29. The molecule has 0 radical (unpaired) electrons. The van der Waals surface area contributed by atoms with E-state index in [-0.39, 0.29) is 6.04 Å². The summed E-state index contributed by atoms with van der Waals surface area (Å²) in [4.78, 5) is 0. The summed E-state index contributed by atoms with van der Waals surface area (Å²) in [6.07, 6.45) is 9.24. The summed E-state index contributed by atoms with van der Waals surface area (Å²) in [5, 5.41) is 11.9. The molecule has 0 aromatic carbocycles. The van der Waals surface area contributed by atoms with Gasteiger partial charge in [-0.05, 0) is 19.4 Å². The Hall–Kier alpha value is -0.550. The molecule has 2 nitrogen and oxygen atoms in total. The Kier molecular flexibility index (Phi) is 4.85. The molecule has 1 N–H and O–H groups in total. The maximum absolute atomic E-state index is 8.81. The fraction of sp³-hybridized carbons (Fsp3) is 0.909. The van der Waals surface area contributed by atoms with Gasteiger partial charge in [-0.15, -0.1) is 0 Å². The summed E-state index contributed by atoms with van der Waals surface area (Å²) in [6, 6.07) is 2.38. The van der Waals surface area contributed by atoms with Gasteiger partial charge in [0.2, 0.25) is 0 Å². The maximum atomic E-state index is 8.81. The van der Waals surface area contributed by atoms with Crippen LogP contribution in [0.2, 0.25) is 0 Å². The highest BCUT2D eigenvalue weighted by Crippen LogP contribution is 2.26. The lowest BCUT2D eigenvalue weighted by Crippen LogP contribution is -2.26. The number of rotatable bonds is 3. The van der Waals surface area contributed by atoms with Gasteiger partial charge in [-0.1, -0.05) is 38.5 Å². The van der Waals surface area contributed by atoms with Crippen molar-refractivity contribution in [1.82, 2.24) is 5.32 Å². The molecule has 1 atom stereocenters. The van der Waals surface area contributed by atoms with Crippen LogP contribution in [-0.2, 0) is 0 Å². The first-order chi connectivity index (χ1) is 6.36. The van der Waals surface area contributed by atoms with Crippen LogP contribution in [0.5, 0.6) is 0 Å². The molecule has 1 aliphatic rings. The molecule has 13 heavy (non-hydrogen) atoms. The van der Waals surface area contributed by atoms with Gasteiger partial charge in [-0.25, -0.2) is 0 Å². The summed E-state index contributed by atoms with van der Waals surface area (Å²) < 4.78 is 0. The molecule has 0 aromatic heterocycles. The zero-order valence-electron chi connectivity index (χ0n) is 8.55. The summed E-state index contributed by atoms with van der Waals surface area (Å²) in [7, 11) is 1.88. The highest BCUT2D eigenvalue weighted by molar-refractivity contribution is 4.90. The van der Waals surface area contributed by atoms with E-state index in [1.807, 2.05) is 7.05 Å². The number of nitrogens with one attached hydrogen (secondary N) is 1. The van der Waals surface area contributed by atoms with E-state index in [0.717, 1.165) is 12.3 Å². The molecular formula is C11H20N2. The number of hydrogen-bond donors (Lipinski definition) is 1. The predicted octanol–water partition coefficient (Wildman–Crippen LogP) is 2.46. The van der Waals surface area contributed by atoms with Crippen LogP contribution in [0.25, 0.3) is 0 Å². The van der Waals surface area contributed by atoms with Crippen molar-refractivity contribution in [3.63, 3.8) is 0 Å². The first-order valence-electron chi connectivity index (χ1n) is 5.43. The Morgan fingerprint density at radius 1 is 1.31 bits per heavy atom. The van der Waals surface area contributed by atoms with E-state index >= 15 is 0 Å². The van der Waals surface area contributed by atoms with Crippen LogP contribution in [0.15, 0.2) is 0 Å². The third-order valence-corrected chi connectivity index (χ3v) is 3.05. The van der Waals surface area contributed by atoms with Gasteiger partial charge < -0.3 is 5.32 Å². The minimum absolute atomic E-state index is 0.0723. The molecule has 1 aliphatic carbocycles. The smallest absolute Gasteiger partial charge is 0.0953 e. The van der Waals surface area contributed by atoms with Gasteiger partial charge in [0.1, 0.15) is 0 Å². The van der Waals surface area contributed by atoms with E-state index in [9.17, 15) is 0 Å². The SMILES string of the molecule is CNC(C#N)CC1CCCCCC1. The van der Waals surface area contributed by atoms with Crippen LogP contribution in [0, 0.1) is 17.2 Å². The first-order valence-corrected chi connectivity index (χ1v) is 5.43. The normalized spacial score (nSPS) is 21.8. The molecule has 0 amide bonds. The van der Waals surface area contributed by atoms with Crippen LogP contribution in [0.4, 0.5) is 0 Å². The molecule has 74 valence electrons. The van der Waals surface area contributed by atoms with Crippen molar-refractivity contribution in [3.8, 4) is 6.07 Å². The Labute approximate surface area is 81.3 Å². The predicted molar refractivity (Wildman–Crippen MR) is 54.3 cm³/mol. The van der Waals surface area contributed by atoms with E-state index in [0.29, 0.717) is 0 Å². The van der Waals surface area contributed by atoms with Gasteiger partial charge in [-0.3, -0.25) is 0 Å². The molecule has 0 saturated heterocycles. The maximum Gasteiger partial charge on any atom is 0.0953 e. The lowest BCUT2D eigenvalue weighted by molar-refractivity contribution is 0.395. The van der Waals surface area contributed by atoms with Crippen molar-refractivity contribution >= 4 is 0 Å². The quantitative estimate of drug-likeness (QED) is 0.677. The lowest BCUT2D eigenvalue weighted by atomic mass is 9.93. The molecule has 0 aliphatic heterocycles. The van der Waals surface area contributed by atoms with E-state index in [1.165, 1.54) is 38.5 Å². The van der Waals surface area contributed by atoms with Crippen LogP contribution in [-0.4, -0.2) is 13.1 Å². The highest BCUT2D eigenvalue weighted by atomic mass is 14.9. The molecule has 1 unspecified atom stereocenters. The zero-order chi connectivity index (χ0) is 9.52. The third-order valence-electron chi connectivity index (χ3n) is 3.05. The van der Waals surface area contributed by atoms with Crippen LogP contribution in [0.3, 0.4) is 0 Å². The second-order valence-electron chi connectivity index (χ2n) is 4.06. The standard InChI is InChI=1S/C11H20N2/c1-13-11(9-12)8-10-6-4-2-3-5-7-10/h10-11,13H,2-8H2,1H3. The largest absolute Gasteiger partial charge is 0.305 e. The first kappa shape index (κ1) is 10.5. The summed E-state index contributed by atoms with van der Waals surface area (Å²) in [6.45, 7) is 0. The van der Waals surface area contributed by atoms with E-state index in [1.54, 1.807) is 0 Å². The van der Waals surface area contributed by atoms with Crippen LogP contribution >= 0.6 is 0 Å². The number of nitriles is 1. The molecule has 0 heterocycles. The molecule has 0 spiro atoms.